The Labute approximate surface area is 97.3 Å². The van der Waals surface area contributed by atoms with Crippen LogP contribution in [0.25, 0.3) is 0 Å². The van der Waals surface area contributed by atoms with Gasteiger partial charge < -0.3 is 0 Å². The van der Waals surface area contributed by atoms with E-state index < -0.39 is 0 Å². The van der Waals surface area contributed by atoms with Gasteiger partial charge in [0.25, 0.3) is 0 Å². The van der Waals surface area contributed by atoms with Gasteiger partial charge in [0.15, 0.2) is 0 Å². The Balaban J connectivity index is 0.000000605. The van der Waals surface area contributed by atoms with Crippen molar-refractivity contribution < 1.29 is 32.7 Å². The van der Waals surface area contributed by atoms with Crippen LogP contribution in [0.5, 0.6) is 0 Å². The second-order valence-corrected chi connectivity index (χ2v) is 3.14. The minimum atomic E-state index is 0. The zero-order valence-corrected chi connectivity index (χ0v) is 9.79. The molecule has 0 unspecified atom stereocenters. The number of rotatable bonds is 0. The molecule has 0 nitrogen and oxygen atoms in total. The first kappa shape index (κ1) is 9.50. The standard InChI is InChI=1S/C9H7S.Y/c10-9-5-7-3-1-2-4-8(7)6-9;/h1-3H,5-6H2;/q-1;. The molecule has 0 N–H and O–H groups in total. The Morgan fingerprint density at radius 1 is 1.36 bits per heavy atom. The third-order valence-corrected chi connectivity index (χ3v) is 2.09. The molecule has 0 aliphatic heterocycles. The fourth-order valence-electron chi connectivity index (χ4n) is 1.31. The van der Waals surface area contributed by atoms with Crippen molar-refractivity contribution in [1.82, 2.24) is 0 Å². The van der Waals surface area contributed by atoms with E-state index in [0.717, 1.165) is 17.7 Å². The van der Waals surface area contributed by atoms with Gasteiger partial charge in [-0.25, -0.2) is 0 Å². The summed E-state index contributed by atoms with van der Waals surface area (Å²) in [7, 11) is 0. The van der Waals surface area contributed by atoms with Gasteiger partial charge in [0.1, 0.15) is 0 Å². The van der Waals surface area contributed by atoms with Crippen LogP contribution >= 0.6 is 12.2 Å². The third kappa shape index (κ3) is 1.96. The molecule has 1 aliphatic carbocycles. The van der Waals surface area contributed by atoms with Crippen LogP contribution in [0.3, 0.4) is 0 Å². The Kier molecular flexibility index (Phi) is 3.36. The SMILES string of the molecule is S=C1Cc2[c-]cccc2C1.[Y]. The van der Waals surface area contributed by atoms with Gasteiger partial charge in [-0.2, -0.15) is 29.8 Å². The van der Waals surface area contributed by atoms with Gasteiger partial charge >= 0.3 is 0 Å². The number of benzene rings is 1. The monoisotopic (exact) mass is 236 g/mol. The Morgan fingerprint density at radius 2 is 2.18 bits per heavy atom. The zero-order chi connectivity index (χ0) is 6.97. The molecule has 0 aromatic heterocycles. The van der Waals surface area contributed by atoms with Gasteiger partial charge in [-0.15, -0.1) is 5.56 Å². The largest absolute Gasteiger partial charge is 0.180 e. The Morgan fingerprint density at radius 3 is 2.91 bits per heavy atom. The van der Waals surface area contributed by atoms with E-state index in [2.05, 4.69) is 12.1 Å². The van der Waals surface area contributed by atoms with Gasteiger partial charge in [-0.1, -0.05) is 12.2 Å². The summed E-state index contributed by atoms with van der Waals surface area (Å²) >= 11 is 5.10. The molecule has 0 amide bonds. The minimum Gasteiger partial charge on any atom is -0.180 e. The van der Waals surface area contributed by atoms with Crippen molar-refractivity contribution in [3.8, 4) is 0 Å². The number of fused-ring (bicyclic) bond motifs is 1. The Hall–Kier alpha value is 0.414. The second kappa shape index (κ2) is 3.88. The molecule has 1 aliphatic rings. The molecular formula is C9H7SY-. The summed E-state index contributed by atoms with van der Waals surface area (Å²) in [5, 5.41) is 0. The molecular weight excluding hydrogens is 229 g/mol. The number of hydrogen-bond donors (Lipinski definition) is 0. The van der Waals surface area contributed by atoms with E-state index in [-0.39, 0.29) is 32.7 Å². The zero-order valence-electron chi connectivity index (χ0n) is 6.13. The molecule has 0 saturated heterocycles. The first-order chi connectivity index (χ1) is 4.86. The van der Waals surface area contributed by atoms with E-state index in [1.807, 2.05) is 12.1 Å². The molecule has 0 atom stereocenters. The topological polar surface area (TPSA) is 0 Å². The summed E-state index contributed by atoms with van der Waals surface area (Å²) in [5.74, 6) is 0. The van der Waals surface area contributed by atoms with Gasteiger partial charge in [0, 0.05) is 32.7 Å². The first-order valence-corrected chi connectivity index (χ1v) is 3.77. The molecule has 0 bridgehead atoms. The van der Waals surface area contributed by atoms with E-state index in [1.165, 1.54) is 11.1 Å². The molecule has 0 spiro atoms. The van der Waals surface area contributed by atoms with E-state index >= 15 is 0 Å². The maximum absolute atomic E-state index is 5.10. The van der Waals surface area contributed by atoms with Crippen LogP contribution in [0.4, 0.5) is 0 Å². The summed E-state index contributed by atoms with van der Waals surface area (Å²) in [5.41, 5.74) is 2.67. The first-order valence-electron chi connectivity index (χ1n) is 3.36. The van der Waals surface area contributed by atoms with Crippen LogP contribution in [-0.4, -0.2) is 4.86 Å². The number of thiocarbonyl (C=S) groups is 1. The van der Waals surface area contributed by atoms with Crippen molar-refractivity contribution in [3.63, 3.8) is 0 Å². The van der Waals surface area contributed by atoms with Crippen molar-refractivity contribution in [2.24, 2.45) is 0 Å². The van der Waals surface area contributed by atoms with E-state index in [4.69, 9.17) is 12.2 Å². The van der Waals surface area contributed by atoms with Crippen molar-refractivity contribution >= 4 is 17.1 Å². The van der Waals surface area contributed by atoms with Crippen LogP contribution in [-0.2, 0) is 45.6 Å². The fourth-order valence-corrected chi connectivity index (χ4v) is 1.61. The molecule has 1 aromatic carbocycles. The van der Waals surface area contributed by atoms with Gasteiger partial charge in [-0.05, 0) is 17.7 Å². The smallest absolute Gasteiger partial charge is 0 e. The van der Waals surface area contributed by atoms with Crippen molar-refractivity contribution in [2.75, 3.05) is 0 Å². The van der Waals surface area contributed by atoms with E-state index in [9.17, 15) is 0 Å². The summed E-state index contributed by atoms with van der Waals surface area (Å²) in [6.45, 7) is 0. The number of hydrogen-bond acceptors (Lipinski definition) is 1. The van der Waals surface area contributed by atoms with Crippen LogP contribution in [0, 0.1) is 6.07 Å². The predicted octanol–water partition coefficient (Wildman–Crippen LogP) is 1.95. The van der Waals surface area contributed by atoms with Gasteiger partial charge in [0.2, 0.25) is 0 Å². The fraction of sp³-hybridized carbons (Fsp3) is 0.222. The average Bonchev–Trinajstić information content (AvgIpc) is 2.27. The molecule has 0 saturated carbocycles. The van der Waals surface area contributed by atoms with Crippen molar-refractivity contribution in [1.29, 1.82) is 0 Å². The van der Waals surface area contributed by atoms with Crippen LogP contribution in [0.2, 0.25) is 0 Å². The Bertz CT molecular complexity index is 254. The van der Waals surface area contributed by atoms with E-state index in [0.29, 0.717) is 0 Å². The summed E-state index contributed by atoms with van der Waals surface area (Å²) in [6, 6.07) is 9.29. The summed E-state index contributed by atoms with van der Waals surface area (Å²) in [4.78, 5) is 1.15. The molecule has 1 radical (unpaired) electrons. The third-order valence-electron chi connectivity index (χ3n) is 1.80. The maximum atomic E-state index is 5.10. The summed E-state index contributed by atoms with van der Waals surface area (Å²) in [6.07, 6.45) is 1.95. The van der Waals surface area contributed by atoms with Gasteiger partial charge in [0.05, 0.1) is 0 Å². The molecule has 0 fully saturated rings. The second-order valence-electron chi connectivity index (χ2n) is 2.57. The molecule has 53 valence electrons. The minimum absolute atomic E-state index is 0. The molecule has 11 heavy (non-hydrogen) atoms. The van der Waals surface area contributed by atoms with Crippen molar-refractivity contribution in [2.45, 2.75) is 12.8 Å². The van der Waals surface area contributed by atoms with Gasteiger partial charge in [-0.3, -0.25) is 0 Å². The molecule has 1 aromatic rings. The summed E-state index contributed by atoms with van der Waals surface area (Å²) < 4.78 is 0. The van der Waals surface area contributed by atoms with Crippen molar-refractivity contribution in [3.05, 3.63) is 35.4 Å². The van der Waals surface area contributed by atoms with E-state index in [1.54, 1.807) is 0 Å². The predicted molar refractivity (Wildman–Crippen MR) is 45.3 cm³/mol. The van der Waals surface area contributed by atoms with Crippen LogP contribution < -0.4 is 0 Å². The molecule has 2 rings (SSSR count). The average molecular weight is 236 g/mol. The van der Waals surface area contributed by atoms with Crippen LogP contribution in [0.1, 0.15) is 11.1 Å². The van der Waals surface area contributed by atoms with Crippen LogP contribution in [0.15, 0.2) is 18.2 Å². The molecule has 2 heteroatoms. The molecule has 0 heterocycles. The quantitative estimate of drug-likeness (QED) is 0.490. The normalized spacial score (nSPS) is 14.0. The maximum Gasteiger partial charge on any atom is 0 e.